The average Bonchev–Trinajstić information content (AvgIpc) is 3.19. The number of carbonyl (C=O) groups is 1. The minimum absolute atomic E-state index is 0.149. The number of nitrogens with two attached hydrogens (primary N) is 1. The highest BCUT2D eigenvalue weighted by atomic mass is 16.5. The SMILES string of the molecule is CCOc1ccccc1NC(=O)COc1cccn2cc(-c3ccc(N)cc3)nc12. The van der Waals surface area contributed by atoms with E-state index in [2.05, 4.69) is 10.3 Å². The van der Waals surface area contributed by atoms with E-state index in [9.17, 15) is 4.79 Å². The molecular formula is C23H22N4O3. The first kappa shape index (κ1) is 19.3. The van der Waals surface area contributed by atoms with Gasteiger partial charge in [-0.05, 0) is 43.3 Å². The molecule has 2 aromatic carbocycles. The Morgan fingerprint density at radius 3 is 2.60 bits per heavy atom. The number of pyridine rings is 1. The van der Waals surface area contributed by atoms with Gasteiger partial charge in [-0.15, -0.1) is 0 Å². The summed E-state index contributed by atoms with van der Waals surface area (Å²) in [6, 6.07) is 18.4. The molecule has 7 heteroatoms. The Labute approximate surface area is 174 Å². The molecule has 0 radical (unpaired) electrons. The number of nitrogen functional groups attached to an aromatic ring is 1. The van der Waals surface area contributed by atoms with Crippen molar-refractivity contribution in [3.63, 3.8) is 0 Å². The van der Waals surface area contributed by atoms with Crippen molar-refractivity contribution < 1.29 is 14.3 Å². The van der Waals surface area contributed by atoms with Crippen LogP contribution in [0.1, 0.15) is 6.92 Å². The van der Waals surface area contributed by atoms with Crippen LogP contribution in [0, 0.1) is 0 Å². The standard InChI is InChI=1S/C23H22N4O3/c1-2-29-20-7-4-3-6-18(20)25-22(28)15-30-21-8-5-13-27-14-19(26-23(21)27)16-9-11-17(24)12-10-16/h3-14H,2,15,24H2,1H3,(H,25,28). The van der Waals surface area contributed by atoms with Crippen LogP contribution in [0.3, 0.4) is 0 Å². The first-order valence-electron chi connectivity index (χ1n) is 9.62. The third-order valence-corrected chi connectivity index (χ3v) is 4.47. The Balaban J connectivity index is 1.49. The second-order valence-corrected chi connectivity index (χ2v) is 6.62. The molecule has 0 unspecified atom stereocenters. The van der Waals surface area contributed by atoms with Crippen molar-refractivity contribution in [2.24, 2.45) is 0 Å². The van der Waals surface area contributed by atoms with E-state index in [-0.39, 0.29) is 12.5 Å². The molecule has 3 N–H and O–H groups in total. The molecular weight excluding hydrogens is 380 g/mol. The van der Waals surface area contributed by atoms with Crippen LogP contribution in [0.5, 0.6) is 11.5 Å². The van der Waals surface area contributed by atoms with Gasteiger partial charge in [-0.1, -0.05) is 24.3 Å². The van der Waals surface area contributed by atoms with E-state index in [0.717, 1.165) is 11.3 Å². The van der Waals surface area contributed by atoms with Crippen LogP contribution >= 0.6 is 0 Å². The average molecular weight is 402 g/mol. The zero-order valence-electron chi connectivity index (χ0n) is 16.5. The second-order valence-electron chi connectivity index (χ2n) is 6.62. The van der Waals surface area contributed by atoms with Gasteiger partial charge in [0.25, 0.3) is 5.91 Å². The fourth-order valence-corrected chi connectivity index (χ4v) is 3.07. The number of ether oxygens (including phenoxy) is 2. The van der Waals surface area contributed by atoms with E-state index in [0.29, 0.717) is 35.1 Å². The summed E-state index contributed by atoms with van der Waals surface area (Å²) in [6.45, 7) is 2.26. The van der Waals surface area contributed by atoms with Gasteiger partial charge < -0.3 is 24.9 Å². The van der Waals surface area contributed by atoms with Gasteiger partial charge in [0.1, 0.15) is 5.75 Å². The van der Waals surface area contributed by atoms with Crippen LogP contribution in [-0.4, -0.2) is 28.5 Å². The number of hydrogen-bond donors (Lipinski definition) is 2. The number of nitrogens with one attached hydrogen (secondary N) is 1. The second kappa shape index (κ2) is 8.57. The molecule has 152 valence electrons. The molecule has 1 amide bonds. The number of amides is 1. The number of para-hydroxylation sites is 2. The van der Waals surface area contributed by atoms with Gasteiger partial charge in [0, 0.05) is 23.6 Å². The van der Waals surface area contributed by atoms with Crippen molar-refractivity contribution in [3.8, 4) is 22.8 Å². The van der Waals surface area contributed by atoms with Gasteiger partial charge in [0.15, 0.2) is 18.0 Å². The van der Waals surface area contributed by atoms with Crippen molar-refractivity contribution in [3.05, 3.63) is 73.1 Å². The number of rotatable bonds is 7. The Kier molecular flexibility index (Phi) is 5.52. The number of carbonyl (C=O) groups excluding carboxylic acids is 1. The molecule has 0 aliphatic rings. The van der Waals surface area contributed by atoms with Crippen LogP contribution in [0.25, 0.3) is 16.9 Å². The summed E-state index contributed by atoms with van der Waals surface area (Å²) in [5, 5.41) is 2.82. The number of nitrogens with zero attached hydrogens (tertiary/aromatic N) is 2. The first-order valence-corrected chi connectivity index (χ1v) is 9.62. The van der Waals surface area contributed by atoms with E-state index in [1.165, 1.54) is 0 Å². The van der Waals surface area contributed by atoms with Gasteiger partial charge in [0.2, 0.25) is 0 Å². The molecule has 0 saturated heterocycles. The lowest BCUT2D eigenvalue weighted by Gasteiger charge is -2.12. The lowest BCUT2D eigenvalue weighted by atomic mass is 10.1. The minimum atomic E-state index is -0.283. The van der Waals surface area contributed by atoms with Crippen LogP contribution in [-0.2, 0) is 4.79 Å². The quantitative estimate of drug-likeness (QED) is 0.456. The van der Waals surface area contributed by atoms with Crippen molar-refractivity contribution in [2.75, 3.05) is 24.3 Å². The van der Waals surface area contributed by atoms with Crippen LogP contribution in [0.4, 0.5) is 11.4 Å². The van der Waals surface area contributed by atoms with Gasteiger partial charge >= 0.3 is 0 Å². The lowest BCUT2D eigenvalue weighted by molar-refractivity contribution is -0.118. The number of hydrogen-bond acceptors (Lipinski definition) is 5. The highest BCUT2D eigenvalue weighted by Crippen LogP contribution is 2.26. The molecule has 30 heavy (non-hydrogen) atoms. The molecule has 0 aliphatic carbocycles. The van der Waals surface area contributed by atoms with Gasteiger partial charge in [-0.25, -0.2) is 4.98 Å². The molecule has 4 aromatic rings. The summed E-state index contributed by atoms with van der Waals surface area (Å²) in [4.78, 5) is 17.1. The van der Waals surface area contributed by atoms with Crippen molar-refractivity contribution >= 4 is 22.9 Å². The number of imidazole rings is 1. The minimum Gasteiger partial charge on any atom is -0.492 e. The zero-order chi connectivity index (χ0) is 20.9. The molecule has 0 bridgehead atoms. The number of fused-ring (bicyclic) bond motifs is 1. The Morgan fingerprint density at radius 1 is 1.03 bits per heavy atom. The molecule has 7 nitrogen and oxygen atoms in total. The lowest BCUT2D eigenvalue weighted by Crippen LogP contribution is -2.20. The van der Waals surface area contributed by atoms with E-state index in [1.54, 1.807) is 12.1 Å². The molecule has 2 heterocycles. The van der Waals surface area contributed by atoms with E-state index >= 15 is 0 Å². The van der Waals surface area contributed by atoms with Gasteiger partial charge in [0.05, 0.1) is 18.0 Å². The highest BCUT2D eigenvalue weighted by Gasteiger charge is 2.12. The molecule has 2 aromatic heterocycles. The third kappa shape index (κ3) is 4.20. The Hall–Kier alpha value is -4.00. The first-order chi connectivity index (χ1) is 14.6. The maximum atomic E-state index is 12.4. The Morgan fingerprint density at radius 2 is 1.80 bits per heavy atom. The highest BCUT2D eigenvalue weighted by molar-refractivity contribution is 5.93. The molecule has 0 aliphatic heterocycles. The van der Waals surface area contributed by atoms with Gasteiger partial charge in [-0.2, -0.15) is 0 Å². The fourth-order valence-electron chi connectivity index (χ4n) is 3.07. The predicted octanol–water partition coefficient (Wildman–Crippen LogP) is 4.00. The summed E-state index contributed by atoms with van der Waals surface area (Å²) in [7, 11) is 0. The van der Waals surface area contributed by atoms with Crippen molar-refractivity contribution in [2.45, 2.75) is 6.92 Å². The molecule has 0 saturated carbocycles. The molecule has 0 fully saturated rings. The largest absolute Gasteiger partial charge is 0.492 e. The summed E-state index contributed by atoms with van der Waals surface area (Å²) < 4.78 is 13.2. The topological polar surface area (TPSA) is 90.9 Å². The maximum absolute atomic E-state index is 12.4. The smallest absolute Gasteiger partial charge is 0.262 e. The van der Waals surface area contributed by atoms with Crippen LogP contribution in [0.2, 0.25) is 0 Å². The van der Waals surface area contributed by atoms with Crippen LogP contribution < -0.4 is 20.5 Å². The maximum Gasteiger partial charge on any atom is 0.262 e. The molecule has 0 atom stereocenters. The van der Waals surface area contributed by atoms with Gasteiger partial charge in [-0.3, -0.25) is 4.79 Å². The van der Waals surface area contributed by atoms with E-state index in [4.69, 9.17) is 15.2 Å². The summed E-state index contributed by atoms with van der Waals surface area (Å²) >= 11 is 0. The van der Waals surface area contributed by atoms with E-state index in [1.807, 2.05) is 72.2 Å². The number of benzene rings is 2. The van der Waals surface area contributed by atoms with E-state index < -0.39 is 0 Å². The van der Waals surface area contributed by atoms with Crippen LogP contribution in [0.15, 0.2) is 73.1 Å². The molecule has 0 spiro atoms. The summed E-state index contributed by atoms with van der Waals surface area (Å²) in [5.74, 6) is 0.860. The Bertz CT molecular complexity index is 1170. The normalized spacial score (nSPS) is 10.7. The number of anilines is 2. The van der Waals surface area contributed by atoms with Crippen molar-refractivity contribution in [1.82, 2.24) is 9.38 Å². The number of aromatic nitrogens is 2. The third-order valence-electron chi connectivity index (χ3n) is 4.47. The van der Waals surface area contributed by atoms with Crippen molar-refractivity contribution in [1.29, 1.82) is 0 Å². The zero-order valence-corrected chi connectivity index (χ0v) is 16.5. The summed E-state index contributed by atoms with van der Waals surface area (Å²) in [5.41, 5.74) is 9.44. The molecule has 4 rings (SSSR count). The summed E-state index contributed by atoms with van der Waals surface area (Å²) in [6.07, 6.45) is 3.79. The predicted molar refractivity (Wildman–Crippen MR) is 117 cm³/mol. The monoisotopic (exact) mass is 402 g/mol. The fraction of sp³-hybridized carbons (Fsp3) is 0.130.